The molecule has 0 saturated carbocycles. The molecular weight excluding hydrogens is 339 g/mol. The minimum absolute atomic E-state index is 0.0665. The predicted molar refractivity (Wildman–Crippen MR) is 68.7 cm³/mol. The molecule has 5 nitrogen and oxygen atoms in total. The number of fused-ring (bicyclic) bond motifs is 1. The molecule has 2 aliphatic rings. The summed E-state index contributed by atoms with van der Waals surface area (Å²) < 4.78 is 22.8. The highest BCUT2D eigenvalue weighted by Crippen LogP contribution is 2.40. The lowest BCUT2D eigenvalue weighted by Gasteiger charge is -2.39. The molecule has 2 aliphatic heterocycles. The van der Waals surface area contributed by atoms with Gasteiger partial charge in [0.25, 0.3) is 0 Å². The molecule has 2 saturated heterocycles. The summed E-state index contributed by atoms with van der Waals surface area (Å²) in [6.07, 6.45) is -1.65. The van der Waals surface area contributed by atoms with Crippen LogP contribution in [0, 0.1) is 0 Å². The van der Waals surface area contributed by atoms with Crippen LogP contribution in [0.5, 0.6) is 0 Å². The Morgan fingerprint density at radius 2 is 1.88 bits per heavy atom. The molecule has 0 aromatic carbocycles. The van der Waals surface area contributed by atoms with Gasteiger partial charge < -0.3 is 24.1 Å². The summed E-state index contributed by atoms with van der Waals surface area (Å²) in [6, 6.07) is 0. The van der Waals surface area contributed by atoms with Gasteiger partial charge in [0.05, 0.1) is 6.10 Å². The Hall–Kier alpha value is 0.530. The zero-order valence-electron chi connectivity index (χ0n) is 10.4. The van der Waals surface area contributed by atoms with Gasteiger partial charge in [-0.2, -0.15) is 0 Å². The lowest BCUT2D eigenvalue weighted by atomic mass is 10.0. The maximum absolute atomic E-state index is 9.36. The number of hydrogen-bond acceptors (Lipinski definition) is 5. The summed E-state index contributed by atoms with van der Waals surface area (Å²) in [7, 11) is 0. The normalized spacial score (nSPS) is 46.6. The van der Waals surface area contributed by atoms with Crippen LogP contribution >= 0.6 is 22.6 Å². The third kappa shape index (κ3) is 2.93. The maximum atomic E-state index is 9.36. The monoisotopic (exact) mass is 358 g/mol. The van der Waals surface area contributed by atoms with E-state index in [-0.39, 0.29) is 28.5 Å². The van der Waals surface area contributed by atoms with Crippen molar-refractivity contribution in [1.82, 2.24) is 0 Å². The summed E-state index contributed by atoms with van der Waals surface area (Å²) in [4.78, 5) is 0. The van der Waals surface area contributed by atoms with E-state index in [1.54, 1.807) is 6.92 Å². The first kappa shape index (κ1) is 14.0. The maximum Gasteiger partial charge on any atom is 0.164 e. The van der Waals surface area contributed by atoms with E-state index in [0.29, 0.717) is 0 Å². The average Bonchev–Trinajstić information content (AvgIpc) is 2.49. The molecule has 6 atom stereocenters. The number of ether oxygens (including phenoxy) is 4. The molecule has 1 N–H and O–H groups in total. The van der Waals surface area contributed by atoms with Gasteiger partial charge in [-0.3, -0.25) is 0 Å². The SMILES string of the molecule is CC(O)O[C@@H]1[C@H]2OC(C)(C)O[C@H]2[C@H](I)O[C@H]1C. The van der Waals surface area contributed by atoms with Gasteiger partial charge in [-0.15, -0.1) is 0 Å². The van der Waals surface area contributed by atoms with Crippen LogP contribution in [0.25, 0.3) is 0 Å². The molecule has 0 amide bonds. The van der Waals surface area contributed by atoms with Crippen molar-refractivity contribution in [3.8, 4) is 0 Å². The first-order valence-electron chi connectivity index (χ1n) is 5.79. The van der Waals surface area contributed by atoms with Crippen LogP contribution < -0.4 is 0 Å². The van der Waals surface area contributed by atoms with Crippen LogP contribution in [0.15, 0.2) is 0 Å². The number of hydrogen-bond donors (Lipinski definition) is 1. The first-order valence-corrected chi connectivity index (χ1v) is 7.03. The molecule has 2 rings (SSSR count). The third-order valence-electron chi connectivity index (χ3n) is 2.91. The van der Waals surface area contributed by atoms with E-state index < -0.39 is 12.1 Å². The van der Waals surface area contributed by atoms with Crippen molar-refractivity contribution in [3.63, 3.8) is 0 Å². The molecule has 0 spiro atoms. The summed E-state index contributed by atoms with van der Waals surface area (Å²) in [5, 5.41) is 9.36. The molecule has 0 radical (unpaired) electrons. The minimum atomic E-state index is -0.843. The lowest BCUT2D eigenvalue weighted by Crippen LogP contribution is -2.55. The van der Waals surface area contributed by atoms with E-state index >= 15 is 0 Å². The fourth-order valence-electron chi connectivity index (χ4n) is 2.32. The number of rotatable bonds is 2. The molecular formula is C11H19IO5. The van der Waals surface area contributed by atoms with Gasteiger partial charge in [0.2, 0.25) is 0 Å². The number of alkyl halides is 1. The Morgan fingerprint density at radius 3 is 2.47 bits per heavy atom. The largest absolute Gasteiger partial charge is 0.368 e. The zero-order chi connectivity index (χ0) is 12.8. The van der Waals surface area contributed by atoms with E-state index in [0.717, 1.165) is 0 Å². The van der Waals surface area contributed by atoms with E-state index in [2.05, 4.69) is 22.6 Å². The van der Waals surface area contributed by atoms with Crippen molar-refractivity contribution < 1.29 is 24.1 Å². The molecule has 2 heterocycles. The smallest absolute Gasteiger partial charge is 0.164 e. The van der Waals surface area contributed by atoms with E-state index in [1.807, 2.05) is 20.8 Å². The number of halogens is 1. The van der Waals surface area contributed by atoms with Gasteiger partial charge in [-0.05, 0) is 50.3 Å². The van der Waals surface area contributed by atoms with Crippen molar-refractivity contribution in [2.45, 2.75) is 68.3 Å². The highest BCUT2D eigenvalue weighted by atomic mass is 127. The van der Waals surface area contributed by atoms with Gasteiger partial charge in [0.1, 0.15) is 22.4 Å². The van der Waals surface area contributed by atoms with Crippen molar-refractivity contribution in [2.24, 2.45) is 0 Å². The van der Waals surface area contributed by atoms with Crippen molar-refractivity contribution >= 4 is 22.6 Å². The highest BCUT2D eigenvalue weighted by Gasteiger charge is 2.54. The summed E-state index contributed by atoms with van der Waals surface area (Å²) in [5.74, 6) is -0.632. The fourth-order valence-corrected chi connectivity index (χ4v) is 3.34. The molecule has 0 aromatic heterocycles. The summed E-state index contributed by atoms with van der Waals surface area (Å²) >= 11 is 2.20. The molecule has 2 fully saturated rings. The standard InChI is InChI=1S/C11H19IO5/c1-5-7(15-6(2)13)8-9(10(12)14-5)17-11(3,4)16-8/h5-10,13H,1-4H3/t5-,6?,7-,8+,9+,10+/m0/s1. The first-order chi connectivity index (χ1) is 7.80. The van der Waals surface area contributed by atoms with Crippen LogP contribution in [0.1, 0.15) is 27.7 Å². The molecule has 6 heteroatoms. The number of aliphatic hydroxyl groups excluding tert-OH is 1. The Morgan fingerprint density at radius 1 is 1.29 bits per heavy atom. The van der Waals surface area contributed by atoms with E-state index in [1.165, 1.54) is 0 Å². The van der Waals surface area contributed by atoms with Crippen LogP contribution in [0.3, 0.4) is 0 Å². The lowest BCUT2D eigenvalue weighted by molar-refractivity contribution is -0.226. The van der Waals surface area contributed by atoms with Gasteiger partial charge >= 0.3 is 0 Å². The molecule has 17 heavy (non-hydrogen) atoms. The van der Waals surface area contributed by atoms with Crippen molar-refractivity contribution in [2.75, 3.05) is 0 Å². The van der Waals surface area contributed by atoms with Crippen LogP contribution in [-0.4, -0.2) is 45.7 Å². The quantitative estimate of drug-likeness (QED) is 0.460. The Labute approximate surface area is 115 Å². The Bertz CT molecular complexity index is 283. The van der Waals surface area contributed by atoms with Crippen molar-refractivity contribution in [1.29, 1.82) is 0 Å². The van der Waals surface area contributed by atoms with E-state index in [4.69, 9.17) is 18.9 Å². The Kier molecular flexibility index (Phi) is 4.02. The van der Waals surface area contributed by atoms with Gasteiger partial charge in [-0.1, -0.05) is 0 Å². The second-order valence-corrected chi connectivity index (χ2v) is 6.18. The van der Waals surface area contributed by atoms with Gasteiger partial charge in [0.15, 0.2) is 12.1 Å². The molecule has 0 bridgehead atoms. The molecule has 0 aromatic rings. The summed E-state index contributed by atoms with van der Waals surface area (Å²) in [5.41, 5.74) is 0. The van der Waals surface area contributed by atoms with Crippen LogP contribution in [-0.2, 0) is 18.9 Å². The second-order valence-electron chi connectivity index (χ2n) is 4.96. The summed E-state index contributed by atoms with van der Waals surface area (Å²) in [6.45, 7) is 7.25. The molecule has 1 unspecified atom stereocenters. The topological polar surface area (TPSA) is 57.2 Å². The van der Waals surface area contributed by atoms with E-state index in [9.17, 15) is 5.11 Å². The van der Waals surface area contributed by atoms with Crippen molar-refractivity contribution in [3.05, 3.63) is 0 Å². The van der Waals surface area contributed by atoms with Crippen LogP contribution in [0.2, 0.25) is 0 Å². The van der Waals surface area contributed by atoms with Crippen LogP contribution in [0.4, 0.5) is 0 Å². The van der Waals surface area contributed by atoms with Gasteiger partial charge in [-0.25, -0.2) is 0 Å². The highest BCUT2D eigenvalue weighted by molar-refractivity contribution is 14.1. The predicted octanol–water partition coefficient (Wildman–Crippen LogP) is 1.41. The average molecular weight is 358 g/mol. The third-order valence-corrected chi connectivity index (χ3v) is 3.91. The molecule has 100 valence electrons. The minimum Gasteiger partial charge on any atom is -0.368 e. The Balaban J connectivity index is 2.16. The number of aliphatic hydroxyl groups is 1. The fraction of sp³-hybridized carbons (Fsp3) is 1.00. The van der Waals surface area contributed by atoms with Gasteiger partial charge in [0, 0.05) is 0 Å². The molecule has 0 aliphatic carbocycles. The zero-order valence-corrected chi connectivity index (χ0v) is 12.6. The second kappa shape index (κ2) is 4.90.